The van der Waals surface area contributed by atoms with E-state index in [0.29, 0.717) is 6.42 Å². The zero-order valence-electron chi connectivity index (χ0n) is 11.7. The van der Waals surface area contributed by atoms with Gasteiger partial charge in [-0.05, 0) is 27.2 Å². The number of carbonyl (C=O) groups is 1. The van der Waals surface area contributed by atoms with Crippen LogP contribution < -0.4 is 5.32 Å². The van der Waals surface area contributed by atoms with Gasteiger partial charge in [0.15, 0.2) is 5.69 Å². The quantitative estimate of drug-likeness (QED) is 0.842. The van der Waals surface area contributed by atoms with Crippen LogP contribution in [0.25, 0.3) is 0 Å². The third kappa shape index (κ3) is 3.88. The molecule has 114 valence electrons. The van der Waals surface area contributed by atoms with Gasteiger partial charge in [0.05, 0.1) is 6.61 Å². The lowest BCUT2D eigenvalue weighted by Crippen LogP contribution is -2.29. The van der Waals surface area contributed by atoms with E-state index in [1.807, 2.05) is 6.92 Å². The van der Waals surface area contributed by atoms with Crippen molar-refractivity contribution >= 4 is 12.0 Å². The molecule has 0 aliphatic rings. The maximum atomic E-state index is 12.8. The first-order valence-corrected chi connectivity index (χ1v) is 6.14. The summed E-state index contributed by atoms with van der Waals surface area (Å²) in [4.78, 5) is 14.8. The minimum atomic E-state index is -4.79. The summed E-state index contributed by atoms with van der Waals surface area (Å²) in [6.07, 6.45) is -4.16. The fourth-order valence-electron chi connectivity index (χ4n) is 1.28. The molecule has 0 saturated heterocycles. The van der Waals surface area contributed by atoms with Crippen LogP contribution in [0.3, 0.4) is 0 Å². The van der Waals surface area contributed by atoms with Gasteiger partial charge in [0.25, 0.3) is 6.01 Å². The van der Waals surface area contributed by atoms with Gasteiger partial charge < -0.3 is 14.5 Å². The number of oxazole rings is 1. The number of anilines is 1. The van der Waals surface area contributed by atoms with Crippen LogP contribution in [0.15, 0.2) is 4.42 Å². The third-order valence-electron chi connectivity index (χ3n) is 2.69. The lowest BCUT2D eigenvalue weighted by Gasteiger charge is -2.22. The number of alkyl halides is 3. The lowest BCUT2D eigenvalue weighted by atomic mass is 10.0. The summed E-state index contributed by atoms with van der Waals surface area (Å²) < 4.78 is 47.9. The van der Waals surface area contributed by atoms with Crippen molar-refractivity contribution < 1.29 is 27.1 Å². The van der Waals surface area contributed by atoms with Gasteiger partial charge in [-0.1, -0.05) is 6.92 Å². The van der Waals surface area contributed by atoms with Crippen LogP contribution in [-0.4, -0.2) is 23.1 Å². The first kappa shape index (κ1) is 16.3. The summed E-state index contributed by atoms with van der Waals surface area (Å²) in [5.41, 5.74) is -1.90. The van der Waals surface area contributed by atoms with E-state index in [2.05, 4.69) is 15.0 Å². The molecule has 1 heterocycles. The van der Waals surface area contributed by atoms with Gasteiger partial charge >= 0.3 is 12.1 Å². The van der Waals surface area contributed by atoms with E-state index < -0.39 is 29.1 Å². The molecule has 0 unspecified atom stereocenters. The first-order chi connectivity index (χ1) is 9.10. The van der Waals surface area contributed by atoms with E-state index in [-0.39, 0.29) is 12.6 Å². The zero-order chi connectivity index (χ0) is 15.6. The highest BCUT2D eigenvalue weighted by Gasteiger charge is 2.42. The van der Waals surface area contributed by atoms with Crippen molar-refractivity contribution in [2.75, 3.05) is 11.9 Å². The average molecular weight is 294 g/mol. The molecule has 1 rings (SSSR count). The molecule has 0 atom stereocenters. The monoisotopic (exact) mass is 294 g/mol. The van der Waals surface area contributed by atoms with Crippen molar-refractivity contribution in [3.8, 4) is 0 Å². The molecule has 0 fully saturated rings. The number of ether oxygens (including phenoxy) is 1. The molecule has 0 aliphatic carbocycles. The van der Waals surface area contributed by atoms with E-state index in [4.69, 9.17) is 4.42 Å². The maximum Gasteiger partial charge on any atom is 0.437 e. The predicted octanol–water partition coefficient (Wildman–Crippen LogP) is 3.47. The molecule has 8 heteroatoms. The van der Waals surface area contributed by atoms with Crippen molar-refractivity contribution in [2.24, 2.45) is 0 Å². The summed E-state index contributed by atoms with van der Waals surface area (Å²) in [5, 5.41) is 2.71. The SMILES string of the molecule is CCOC(=O)c1oc(NC(C)(C)CC)nc1C(F)(F)F. The molecule has 0 spiro atoms. The zero-order valence-corrected chi connectivity index (χ0v) is 11.7. The van der Waals surface area contributed by atoms with E-state index >= 15 is 0 Å². The Morgan fingerprint density at radius 2 is 1.95 bits per heavy atom. The Kier molecular flexibility index (Phi) is 4.67. The molecule has 1 aromatic rings. The van der Waals surface area contributed by atoms with Crippen LogP contribution in [0.4, 0.5) is 19.2 Å². The van der Waals surface area contributed by atoms with Crippen molar-refractivity contribution in [2.45, 2.75) is 45.8 Å². The van der Waals surface area contributed by atoms with Gasteiger partial charge in [-0.25, -0.2) is 4.79 Å². The van der Waals surface area contributed by atoms with Crippen molar-refractivity contribution in [1.82, 2.24) is 4.98 Å². The number of hydrogen-bond donors (Lipinski definition) is 1. The van der Waals surface area contributed by atoms with Crippen LogP contribution in [0.2, 0.25) is 0 Å². The summed E-state index contributed by atoms with van der Waals surface area (Å²) in [7, 11) is 0. The van der Waals surface area contributed by atoms with Gasteiger partial charge in [0.2, 0.25) is 5.76 Å². The Morgan fingerprint density at radius 1 is 1.35 bits per heavy atom. The maximum absolute atomic E-state index is 12.8. The molecule has 0 saturated carbocycles. The second-order valence-corrected chi connectivity index (χ2v) is 4.78. The van der Waals surface area contributed by atoms with E-state index in [1.54, 1.807) is 13.8 Å². The standard InChI is InChI=1S/C12H17F3N2O3/c1-5-11(3,4)17-10-16-8(12(13,14)15)7(20-10)9(18)19-6-2/h5-6H2,1-4H3,(H,16,17). The van der Waals surface area contributed by atoms with Crippen molar-refractivity contribution in [3.05, 3.63) is 11.5 Å². The first-order valence-electron chi connectivity index (χ1n) is 6.14. The Morgan fingerprint density at radius 3 is 2.40 bits per heavy atom. The van der Waals surface area contributed by atoms with Gasteiger partial charge in [-0.2, -0.15) is 18.2 Å². The molecule has 0 aliphatic heterocycles. The Balaban J connectivity index is 3.16. The van der Waals surface area contributed by atoms with Crippen molar-refractivity contribution in [3.63, 3.8) is 0 Å². The Hall–Kier alpha value is -1.73. The topological polar surface area (TPSA) is 64.4 Å². The van der Waals surface area contributed by atoms with Gasteiger partial charge in [0.1, 0.15) is 0 Å². The molecule has 0 amide bonds. The lowest BCUT2D eigenvalue weighted by molar-refractivity contribution is -0.141. The fraction of sp³-hybridized carbons (Fsp3) is 0.667. The van der Waals surface area contributed by atoms with Crippen molar-refractivity contribution in [1.29, 1.82) is 0 Å². The average Bonchev–Trinajstić information content (AvgIpc) is 2.72. The van der Waals surface area contributed by atoms with Crippen LogP contribution in [-0.2, 0) is 10.9 Å². The van der Waals surface area contributed by atoms with E-state index in [9.17, 15) is 18.0 Å². The molecular weight excluding hydrogens is 277 g/mol. The van der Waals surface area contributed by atoms with Gasteiger partial charge in [-0.3, -0.25) is 0 Å². The number of nitrogens with zero attached hydrogens (tertiary/aromatic N) is 1. The number of carbonyl (C=O) groups excluding carboxylic acids is 1. The molecule has 1 aromatic heterocycles. The normalized spacial score (nSPS) is 12.3. The van der Waals surface area contributed by atoms with Gasteiger partial charge in [-0.15, -0.1) is 0 Å². The Labute approximate surface area is 114 Å². The highest BCUT2D eigenvalue weighted by Crippen LogP contribution is 2.34. The molecule has 5 nitrogen and oxygen atoms in total. The number of aromatic nitrogens is 1. The molecule has 0 aromatic carbocycles. The van der Waals surface area contributed by atoms with Crippen LogP contribution in [0, 0.1) is 0 Å². The van der Waals surface area contributed by atoms with E-state index in [1.165, 1.54) is 6.92 Å². The highest BCUT2D eigenvalue weighted by atomic mass is 19.4. The summed E-state index contributed by atoms with van der Waals surface area (Å²) in [6.45, 7) is 6.83. The molecular formula is C12H17F3N2O3. The van der Waals surface area contributed by atoms with Crippen LogP contribution in [0.1, 0.15) is 50.4 Å². The number of halogens is 3. The highest BCUT2D eigenvalue weighted by molar-refractivity contribution is 5.88. The number of hydrogen-bond acceptors (Lipinski definition) is 5. The van der Waals surface area contributed by atoms with Crippen LogP contribution in [0.5, 0.6) is 0 Å². The summed E-state index contributed by atoms with van der Waals surface area (Å²) in [5.74, 6) is -2.12. The molecule has 20 heavy (non-hydrogen) atoms. The number of rotatable bonds is 5. The minimum absolute atomic E-state index is 0.0555. The fourth-order valence-corrected chi connectivity index (χ4v) is 1.28. The Bertz CT molecular complexity index is 481. The molecule has 0 bridgehead atoms. The van der Waals surface area contributed by atoms with Gasteiger partial charge in [0, 0.05) is 5.54 Å². The number of nitrogens with one attached hydrogen (secondary N) is 1. The summed E-state index contributed by atoms with van der Waals surface area (Å²) >= 11 is 0. The second kappa shape index (κ2) is 5.72. The summed E-state index contributed by atoms with van der Waals surface area (Å²) in [6, 6.07) is -0.354. The minimum Gasteiger partial charge on any atom is -0.460 e. The molecule has 0 radical (unpaired) electrons. The van der Waals surface area contributed by atoms with E-state index in [0.717, 1.165) is 0 Å². The molecule has 1 N–H and O–H groups in total. The number of esters is 1. The third-order valence-corrected chi connectivity index (χ3v) is 2.69. The van der Waals surface area contributed by atoms with Crippen LogP contribution >= 0.6 is 0 Å². The largest absolute Gasteiger partial charge is 0.460 e. The smallest absolute Gasteiger partial charge is 0.437 e. The predicted molar refractivity (Wildman–Crippen MR) is 65.5 cm³/mol. The second-order valence-electron chi connectivity index (χ2n) is 4.78.